The lowest BCUT2D eigenvalue weighted by molar-refractivity contribution is 0.445. The van der Waals surface area contributed by atoms with Crippen LogP contribution in [0.1, 0.15) is 39.5 Å². The second-order valence-electron chi connectivity index (χ2n) is 5.73. The van der Waals surface area contributed by atoms with Gasteiger partial charge in [-0.3, -0.25) is 0 Å². The van der Waals surface area contributed by atoms with Crippen molar-refractivity contribution < 1.29 is 8.42 Å². The quantitative estimate of drug-likeness (QED) is 0.840. The predicted molar refractivity (Wildman–Crippen MR) is 87.0 cm³/mol. The van der Waals surface area contributed by atoms with Crippen LogP contribution < -0.4 is 5.32 Å². The Morgan fingerprint density at radius 3 is 2.71 bits per heavy atom. The average molecular weight is 310 g/mol. The average Bonchev–Trinajstić information content (AvgIpc) is 2.95. The molecule has 21 heavy (non-hydrogen) atoms. The zero-order valence-corrected chi connectivity index (χ0v) is 13.8. The molecule has 1 heterocycles. The number of para-hydroxylation sites is 1. The minimum Gasteiger partial charge on any atom is -0.384 e. The van der Waals surface area contributed by atoms with E-state index >= 15 is 0 Å². The van der Waals surface area contributed by atoms with Crippen LogP contribution in [0.2, 0.25) is 0 Å². The van der Waals surface area contributed by atoms with Crippen LogP contribution in [0.3, 0.4) is 0 Å². The summed E-state index contributed by atoms with van der Waals surface area (Å²) in [4.78, 5) is 0.413. The Bertz CT molecular complexity index is 557. The first-order chi connectivity index (χ1) is 10.1. The summed E-state index contributed by atoms with van der Waals surface area (Å²) in [5.41, 5.74) is 0.721. The summed E-state index contributed by atoms with van der Waals surface area (Å²) in [7, 11) is -3.38. The molecule has 1 unspecified atom stereocenters. The molecule has 0 spiro atoms. The van der Waals surface area contributed by atoms with E-state index in [1.54, 1.807) is 16.4 Å². The van der Waals surface area contributed by atoms with Gasteiger partial charge >= 0.3 is 0 Å². The molecule has 1 fully saturated rings. The van der Waals surface area contributed by atoms with Crippen molar-refractivity contribution in [3.63, 3.8) is 0 Å². The van der Waals surface area contributed by atoms with Gasteiger partial charge in [-0.1, -0.05) is 32.4 Å². The van der Waals surface area contributed by atoms with Crippen LogP contribution in [-0.2, 0) is 10.0 Å². The summed E-state index contributed by atoms with van der Waals surface area (Å²) in [6, 6.07) is 7.23. The van der Waals surface area contributed by atoms with E-state index in [2.05, 4.69) is 19.2 Å². The third-order valence-electron chi connectivity index (χ3n) is 4.02. The van der Waals surface area contributed by atoms with E-state index in [-0.39, 0.29) is 0 Å². The molecule has 4 nitrogen and oxygen atoms in total. The summed E-state index contributed by atoms with van der Waals surface area (Å²) in [6.07, 6.45) is 4.18. The van der Waals surface area contributed by atoms with Crippen molar-refractivity contribution in [2.45, 2.75) is 44.4 Å². The minimum atomic E-state index is -3.38. The van der Waals surface area contributed by atoms with Gasteiger partial charge in [0.25, 0.3) is 0 Å². The van der Waals surface area contributed by atoms with E-state index in [4.69, 9.17) is 0 Å². The van der Waals surface area contributed by atoms with Gasteiger partial charge in [0.2, 0.25) is 10.0 Å². The molecule has 5 heteroatoms. The second kappa shape index (κ2) is 7.27. The zero-order chi connectivity index (χ0) is 15.3. The summed E-state index contributed by atoms with van der Waals surface area (Å²) in [5.74, 6) is 0.514. The third-order valence-corrected chi connectivity index (χ3v) is 5.94. The first-order valence-corrected chi connectivity index (χ1v) is 9.36. The highest BCUT2D eigenvalue weighted by molar-refractivity contribution is 7.89. The smallest absolute Gasteiger partial charge is 0.245 e. The lowest BCUT2D eigenvalue weighted by atomic mass is 10.0. The van der Waals surface area contributed by atoms with Gasteiger partial charge < -0.3 is 5.32 Å². The van der Waals surface area contributed by atoms with Gasteiger partial charge in [-0.2, -0.15) is 4.31 Å². The molecule has 0 bridgehead atoms. The zero-order valence-electron chi connectivity index (χ0n) is 13.0. The maximum absolute atomic E-state index is 12.9. The lowest BCUT2D eigenvalue weighted by Crippen LogP contribution is -2.29. The van der Waals surface area contributed by atoms with Crippen molar-refractivity contribution >= 4 is 15.7 Å². The van der Waals surface area contributed by atoms with Crippen LogP contribution in [0, 0.1) is 5.92 Å². The van der Waals surface area contributed by atoms with Crippen molar-refractivity contribution in [1.29, 1.82) is 0 Å². The molecule has 1 saturated heterocycles. The molecule has 1 aromatic carbocycles. The predicted octanol–water partition coefficient (Wildman–Crippen LogP) is 3.32. The van der Waals surface area contributed by atoms with Crippen LogP contribution in [0.5, 0.6) is 0 Å². The van der Waals surface area contributed by atoms with E-state index in [9.17, 15) is 8.42 Å². The summed E-state index contributed by atoms with van der Waals surface area (Å²) >= 11 is 0. The van der Waals surface area contributed by atoms with Gasteiger partial charge in [0, 0.05) is 19.6 Å². The Kier molecular flexibility index (Phi) is 5.65. The highest BCUT2D eigenvalue weighted by Gasteiger charge is 2.33. The Labute approximate surface area is 128 Å². The number of sulfonamides is 1. The maximum Gasteiger partial charge on any atom is 0.245 e. The Balaban J connectivity index is 2.20. The second-order valence-corrected chi connectivity index (χ2v) is 7.64. The Morgan fingerprint density at radius 1 is 1.24 bits per heavy atom. The lowest BCUT2D eigenvalue weighted by Gasteiger charge is -2.19. The van der Waals surface area contributed by atoms with Gasteiger partial charge in [-0.05, 0) is 37.3 Å². The molecule has 1 N–H and O–H groups in total. The molecule has 1 aromatic rings. The molecule has 118 valence electrons. The molecule has 2 rings (SSSR count). The van der Waals surface area contributed by atoms with Crippen molar-refractivity contribution in [3.8, 4) is 0 Å². The summed E-state index contributed by atoms with van der Waals surface area (Å²) in [6.45, 7) is 6.32. The van der Waals surface area contributed by atoms with Gasteiger partial charge in [0.05, 0.1) is 5.69 Å². The standard InChI is InChI=1S/C16H26N2O2S/c1-3-7-14-10-12-18(13-14)21(19,20)16-9-6-5-8-15(16)17-11-4-2/h5-6,8-9,14,17H,3-4,7,10-13H2,1-2H3. The van der Waals surface area contributed by atoms with Crippen LogP contribution in [0.25, 0.3) is 0 Å². The van der Waals surface area contributed by atoms with E-state index < -0.39 is 10.0 Å². The highest BCUT2D eigenvalue weighted by atomic mass is 32.2. The van der Waals surface area contributed by atoms with Crippen molar-refractivity contribution in [3.05, 3.63) is 24.3 Å². The van der Waals surface area contributed by atoms with Crippen molar-refractivity contribution in [1.82, 2.24) is 4.31 Å². The number of nitrogens with zero attached hydrogens (tertiary/aromatic N) is 1. The third kappa shape index (κ3) is 3.77. The normalized spacial score (nSPS) is 19.8. The number of hydrogen-bond acceptors (Lipinski definition) is 3. The first kappa shape index (κ1) is 16.3. The topological polar surface area (TPSA) is 49.4 Å². The van der Waals surface area contributed by atoms with Gasteiger partial charge in [0.1, 0.15) is 4.90 Å². The Hall–Kier alpha value is -1.07. The number of hydrogen-bond donors (Lipinski definition) is 1. The number of nitrogens with one attached hydrogen (secondary N) is 1. The molecule has 0 saturated carbocycles. The molecule has 0 aliphatic carbocycles. The Morgan fingerprint density at radius 2 is 2.00 bits per heavy atom. The number of anilines is 1. The monoisotopic (exact) mass is 310 g/mol. The number of benzene rings is 1. The van der Waals surface area contributed by atoms with Gasteiger partial charge in [0.15, 0.2) is 0 Å². The molecular weight excluding hydrogens is 284 g/mol. The largest absolute Gasteiger partial charge is 0.384 e. The molecule has 0 radical (unpaired) electrons. The van der Waals surface area contributed by atoms with Crippen LogP contribution >= 0.6 is 0 Å². The van der Waals surface area contributed by atoms with Crippen molar-refractivity contribution in [2.24, 2.45) is 5.92 Å². The van der Waals surface area contributed by atoms with Gasteiger partial charge in [-0.15, -0.1) is 0 Å². The first-order valence-electron chi connectivity index (χ1n) is 7.92. The maximum atomic E-state index is 12.9. The molecule has 0 amide bonds. The fraction of sp³-hybridized carbons (Fsp3) is 0.625. The fourth-order valence-corrected chi connectivity index (χ4v) is 4.60. The van der Waals surface area contributed by atoms with Crippen LogP contribution in [0.4, 0.5) is 5.69 Å². The fourth-order valence-electron chi connectivity index (χ4n) is 2.90. The van der Waals surface area contributed by atoms with Gasteiger partial charge in [-0.25, -0.2) is 8.42 Å². The molecule has 1 atom stereocenters. The van der Waals surface area contributed by atoms with E-state index in [0.717, 1.165) is 37.9 Å². The molecule has 1 aliphatic rings. The highest BCUT2D eigenvalue weighted by Crippen LogP contribution is 2.30. The SMILES string of the molecule is CCCNc1ccccc1S(=O)(=O)N1CCC(CCC)C1. The van der Waals surface area contributed by atoms with E-state index in [1.165, 1.54) is 0 Å². The molecule has 0 aromatic heterocycles. The summed E-state index contributed by atoms with van der Waals surface area (Å²) in [5, 5.41) is 3.22. The molecular formula is C16H26N2O2S. The number of rotatable bonds is 7. The summed E-state index contributed by atoms with van der Waals surface area (Å²) < 4.78 is 27.4. The van der Waals surface area contributed by atoms with E-state index in [0.29, 0.717) is 23.9 Å². The van der Waals surface area contributed by atoms with Crippen LogP contribution in [-0.4, -0.2) is 32.4 Å². The van der Waals surface area contributed by atoms with Crippen molar-refractivity contribution in [2.75, 3.05) is 25.0 Å². The molecule has 1 aliphatic heterocycles. The van der Waals surface area contributed by atoms with E-state index in [1.807, 2.05) is 12.1 Å². The minimum absolute atomic E-state index is 0.413. The van der Waals surface area contributed by atoms with Crippen LogP contribution in [0.15, 0.2) is 29.2 Å².